The molecule has 0 unspecified atom stereocenters. The third-order valence-electron chi connectivity index (χ3n) is 6.30. The van der Waals surface area contributed by atoms with Crippen molar-refractivity contribution in [3.05, 3.63) is 48.5 Å². The molecule has 3 heterocycles. The van der Waals surface area contributed by atoms with Gasteiger partial charge in [0.2, 0.25) is 0 Å². The molecule has 0 spiro atoms. The molecule has 1 aromatic heterocycles. The quantitative estimate of drug-likeness (QED) is 0.634. The molecule has 0 aliphatic carbocycles. The first-order valence-electron chi connectivity index (χ1n) is 11.2. The number of H-pyrrole nitrogens is 1. The van der Waals surface area contributed by atoms with Gasteiger partial charge in [0.25, 0.3) is 6.01 Å². The number of hydrogen-bond donors (Lipinski definition) is 1. The smallest absolute Gasteiger partial charge is 0.300 e. The molecule has 0 atom stereocenters. The summed E-state index contributed by atoms with van der Waals surface area (Å²) in [5.74, 6) is 1.62. The minimum Gasteiger partial charge on any atom is -0.492 e. The van der Waals surface area contributed by atoms with Gasteiger partial charge in [-0.3, -0.25) is 4.90 Å². The summed E-state index contributed by atoms with van der Waals surface area (Å²) in [7, 11) is 0. The van der Waals surface area contributed by atoms with Crippen LogP contribution in [-0.2, 0) is 0 Å². The fourth-order valence-corrected chi connectivity index (χ4v) is 4.60. The van der Waals surface area contributed by atoms with E-state index in [0.29, 0.717) is 6.01 Å². The van der Waals surface area contributed by atoms with E-state index in [4.69, 9.17) is 9.47 Å². The molecule has 2 fully saturated rings. The largest absolute Gasteiger partial charge is 0.492 e. The number of para-hydroxylation sites is 2. The molecule has 0 saturated carbocycles. The summed E-state index contributed by atoms with van der Waals surface area (Å²) in [4.78, 5) is 12.9. The summed E-state index contributed by atoms with van der Waals surface area (Å²) in [5, 5.41) is 0. The lowest BCUT2D eigenvalue weighted by Gasteiger charge is -2.36. The maximum Gasteiger partial charge on any atom is 0.300 e. The number of aromatic amines is 1. The Morgan fingerprint density at radius 3 is 2.40 bits per heavy atom. The highest BCUT2D eigenvalue weighted by Gasteiger charge is 2.26. The van der Waals surface area contributed by atoms with Gasteiger partial charge >= 0.3 is 0 Å². The Balaban J connectivity index is 1.06. The van der Waals surface area contributed by atoms with Gasteiger partial charge < -0.3 is 19.4 Å². The van der Waals surface area contributed by atoms with Crippen molar-refractivity contribution in [2.75, 3.05) is 39.3 Å². The molecule has 2 aliphatic heterocycles. The highest BCUT2D eigenvalue weighted by atomic mass is 16.5. The highest BCUT2D eigenvalue weighted by molar-refractivity contribution is 5.75. The summed E-state index contributed by atoms with van der Waals surface area (Å²) in [6.07, 6.45) is 5.37. The SMILES string of the molecule is c1ccc2[nH]c(Oc3ccc(OCCN4CCC(N5CCCC5)CC4)cc3)nc2c1. The van der Waals surface area contributed by atoms with Crippen LogP contribution >= 0.6 is 0 Å². The van der Waals surface area contributed by atoms with Gasteiger partial charge in [-0.05, 0) is 88.3 Å². The maximum absolute atomic E-state index is 5.96. The van der Waals surface area contributed by atoms with E-state index >= 15 is 0 Å². The second-order valence-corrected chi connectivity index (χ2v) is 8.30. The van der Waals surface area contributed by atoms with Gasteiger partial charge in [0.15, 0.2) is 0 Å². The number of nitrogens with zero attached hydrogens (tertiary/aromatic N) is 3. The monoisotopic (exact) mass is 406 g/mol. The van der Waals surface area contributed by atoms with Crippen LogP contribution in [-0.4, -0.2) is 65.1 Å². The van der Waals surface area contributed by atoms with Crippen molar-refractivity contribution in [3.63, 3.8) is 0 Å². The van der Waals surface area contributed by atoms with Crippen LogP contribution in [0.25, 0.3) is 11.0 Å². The molecule has 0 bridgehead atoms. The lowest BCUT2D eigenvalue weighted by Crippen LogP contribution is -2.44. The van der Waals surface area contributed by atoms with Crippen LogP contribution in [0, 0.1) is 0 Å². The number of rotatable bonds is 7. The molecule has 0 amide bonds. The molecule has 2 saturated heterocycles. The third-order valence-corrected chi connectivity index (χ3v) is 6.30. The average Bonchev–Trinajstić information content (AvgIpc) is 3.45. The Hall–Kier alpha value is -2.57. The summed E-state index contributed by atoms with van der Waals surface area (Å²) < 4.78 is 11.8. The normalized spacial score (nSPS) is 18.8. The predicted molar refractivity (Wildman–Crippen MR) is 118 cm³/mol. The molecular formula is C24H30N4O2. The van der Waals surface area contributed by atoms with Crippen LogP contribution < -0.4 is 9.47 Å². The Bertz CT molecular complexity index is 908. The van der Waals surface area contributed by atoms with Crippen LogP contribution in [0.5, 0.6) is 17.5 Å². The molecule has 6 nitrogen and oxygen atoms in total. The lowest BCUT2D eigenvalue weighted by atomic mass is 10.0. The van der Waals surface area contributed by atoms with Crippen LogP contribution in [0.1, 0.15) is 25.7 Å². The first-order valence-corrected chi connectivity index (χ1v) is 11.2. The molecule has 1 N–H and O–H groups in total. The van der Waals surface area contributed by atoms with E-state index in [1.54, 1.807) is 0 Å². The number of benzene rings is 2. The number of imidazole rings is 1. The Morgan fingerprint density at radius 2 is 1.63 bits per heavy atom. The topological polar surface area (TPSA) is 53.6 Å². The van der Waals surface area contributed by atoms with Crippen LogP contribution in [0.4, 0.5) is 0 Å². The minimum absolute atomic E-state index is 0.502. The van der Waals surface area contributed by atoms with E-state index in [1.165, 1.54) is 51.9 Å². The summed E-state index contributed by atoms with van der Waals surface area (Å²) in [6.45, 7) is 6.71. The molecule has 2 aliphatic rings. The molecule has 30 heavy (non-hydrogen) atoms. The van der Waals surface area contributed by atoms with Crippen molar-refractivity contribution >= 4 is 11.0 Å². The van der Waals surface area contributed by atoms with Crippen LogP contribution in [0.2, 0.25) is 0 Å². The number of piperidine rings is 1. The van der Waals surface area contributed by atoms with Gasteiger partial charge in [0, 0.05) is 12.6 Å². The van der Waals surface area contributed by atoms with Crippen molar-refractivity contribution in [1.29, 1.82) is 0 Å². The Morgan fingerprint density at radius 1 is 0.900 bits per heavy atom. The van der Waals surface area contributed by atoms with Crippen molar-refractivity contribution in [2.24, 2.45) is 0 Å². The van der Waals surface area contributed by atoms with E-state index in [2.05, 4.69) is 19.8 Å². The third kappa shape index (κ3) is 4.60. The molecule has 6 heteroatoms. The summed E-state index contributed by atoms with van der Waals surface area (Å²) >= 11 is 0. The molecule has 0 radical (unpaired) electrons. The number of ether oxygens (including phenoxy) is 2. The van der Waals surface area contributed by atoms with Crippen molar-refractivity contribution in [3.8, 4) is 17.5 Å². The van der Waals surface area contributed by atoms with Gasteiger partial charge in [0.1, 0.15) is 18.1 Å². The van der Waals surface area contributed by atoms with Gasteiger partial charge in [-0.2, -0.15) is 4.98 Å². The van der Waals surface area contributed by atoms with Crippen LogP contribution in [0.15, 0.2) is 48.5 Å². The highest BCUT2D eigenvalue weighted by Crippen LogP contribution is 2.24. The van der Waals surface area contributed by atoms with E-state index in [0.717, 1.165) is 41.7 Å². The zero-order valence-corrected chi connectivity index (χ0v) is 17.4. The average molecular weight is 407 g/mol. The first kappa shape index (κ1) is 19.4. The minimum atomic E-state index is 0.502. The zero-order chi connectivity index (χ0) is 20.2. The number of aromatic nitrogens is 2. The standard InChI is InChI=1S/C24H30N4O2/c1-2-6-23-22(5-1)25-24(26-23)30-21-9-7-20(8-10-21)29-18-17-27-15-11-19(12-16-27)28-13-3-4-14-28/h1-2,5-10,19H,3-4,11-18H2,(H,25,26). The Labute approximate surface area is 177 Å². The fourth-order valence-electron chi connectivity index (χ4n) is 4.60. The van der Waals surface area contributed by atoms with Crippen LogP contribution in [0.3, 0.4) is 0 Å². The number of hydrogen-bond acceptors (Lipinski definition) is 5. The van der Waals surface area contributed by atoms with E-state index in [9.17, 15) is 0 Å². The summed E-state index contributed by atoms with van der Waals surface area (Å²) in [6, 6.07) is 17.0. The van der Waals surface area contributed by atoms with E-state index in [1.807, 2.05) is 48.5 Å². The van der Waals surface area contributed by atoms with Gasteiger partial charge in [-0.1, -0.05) is 12.1 Å². The van der Waals surface area contributed by atoms with Crippen molar-refractivity contribution in [1.82, 2.24) is 19.8 Å². The first-order chi connectivity index (χ1) is 14.8. The van der Waals surface area contributed by atoms with E-state index < -0.39 is 0 Å². The molecule has 2 aromatic carbocycles. The molecule has 158 valence electrons. The van der Waals surface area contributed by atoms with Crippen molar-refractivity contribution < 1.29 is 9.47 Å². The molecule has 5 rings (SSSR count). The second-order valence-electron chi connectivity index (χ2n) is 8.30. The summed E-state index contributed by atoms with van der Waals surface area (Å²) in [5.41, 5.74) is 1.87. The molecular weight excluding hydrogens is 376 g/mol. The maximum atomic E-state index is 5.96. The number of nitrogens with one attached hydrogen (secondary N) is 1. The van der Waals surface area contributed by atoms with Crippen molar-refractivity contribution in [2.45, 2.75) is 31.7 Å². The van der Waals surface area contributed by atoms with Gasteiger partial charge in [-0.15, -0.1) is 0 Å². The molecule has 3 aromatic rings. The zero-order valence-electron chi connectivity index (χ0n) is 17.4. The van der Waals surface area contributed by atoms with Gasteiger partial charge in [-0.25, -0.2) is 0 Å². The number of fused-ring (bicyclic) bond motifs is 1. The lowest BCUT2D eigenvalue weighted by molar-refractivity contribution is 0.114. The van der Waals surface area contributed by atoms with E-state index in [-0.39, 0.29) is 0 Å². The second kappa shape index (κ2) is 9.06. The Kier molecular flexibility index (Phi) is 5.86. The van der Waals surface area contributed by atoms with Gasteiger partial charge in [0.05, 0.1) is 11.0 Å². The fraction of sp³-hybridized carbons (Fsp3) is 0.458. The number of likely N-dealkylation sites (tertiary alicyclic amines) is 2. The predicted octanol–water partition coefficient (Wildman–Crippen LogP) is 4.29.